The van der Waals surface area contributed by atoms with Crippen molar-refractivity contribution >= 4 is 11.9 Å². The lowest BCUT2D eigenvalue weighted by Gasteiger charge is -2.35. The van der Waals surface area contributed by atoms with Crippen molar-refractivity contribution in [3.8, 4) is 5.69 Å². The maximum Gasteiger partial charge on any atom is 0.248 e. The topological polar surface area (TPSA) is 88.4 Å². The highest BCUT2D eigenvalue weighted by Gasteiger charge is 2.38. The molecule has 2 aliphatic heterocycles. The number of ether oxygens (including phenoxy) is 1. The van der Waals surface area contributed by atoms with E-state index in [1.807, 2.05) is 30.3 Å². The number of aromatic nitrogens is 4. The smallest absolute Gasteiger partial charge is 0.248 e. The van der Waals surface area contributed by atoms with Crippen LogP contribution < -0.4 is 5.32 Å². The van der Waals surface area contributed by atoms with Crippen LogP contribution in [0.4, 0.5) is 5.95 Å². The number of nitrogens with zero attached hydrogens (tertiary/aromatic N) is 6. The Kier molecular flexibility index (Phi) is 5.04. The minimum absolute atomic E-state index is 0.0375. The van der Waals surface area contributed by atoms with Crippen molar-refractivity contribution in [2.75, 3.05) is 39.1 Å². The van der Waals surface area contributed by atoms with Gasteiger partial charge in [-0.1, -0.05) is 23.3 Å². The molecule has 1 N–H and O–H groups in total. The first-order valence-electron chi connectivity index (χ1n) is 9.26. The van der Waals surface area contributed by atoms with Crippen molar-refractivity contribution in [3.05, 3.63) is 30.3 Å². The summed E-state index contributed by atoms with van der Waals surface area (Å²) in [5.41, 5.74) is 0.923. The molecule has 0 bridgehead atoms. The number of benzene rings is 1. The fourth-order valence-corrected chi connectivity index (χ4v) is 3.75. The Labute approximate surface area is 158 Å². The van der Waals surface area contributed by atoms with Crippen molar-refractivity contribution < 1.29 is 9.53 Å². The van der Waals surface area contributed by atoms with Gasteiger partial charge in [0.1, 0.15) is 0 Å². The first kappa shape index (κ1) is 17.9. The van der Waals surface area contributed by atoms with Crippen molar-refractivity contribution in [1.82, 2.24) is 30.0 Å². The Morgan fingerprint density at radius 2 is 2.11 bits per heavy atom. The van der Waals surface area contributed by atoms with Crippen LogP contribution in [0.15, 0.2) is 30.3 Å². The molecule has 3 atom stereocenters. The minimum atomic E-state index is -0.0375. The van der Waals surface area contributed by atoms with Gasteiger partial charge >= 0.3 is 0 Å². The summed E-state index contributed by atoms with van der Waals surface area (Å²) in [5.74, 6) is 0.751. The van der Waals surface area contributed by atoms with Crippen LogP contribution in [0.3, 0.4) is 0 Å². The van der Waals surface area contributed by atoms with Gasteiger partial charge in [0.05, 0.1) is 24.8 Å². The average Bonchev–Trinajstić information content (AvgIpc) is 3.28. The second-order valence-corrected chi connectivity index (χ2v) is 7.38. The Morgan fingerprint density at radius 3 is 2.89 bits per heavy atom. The fraction of sp³-hybridized carbons (Fsp3) is 0.556. The molecule has 0 aliphatic carbocycles. The van der Waals surface area contributed by atoms with Gasteiger partial charge < -0.3 is 15.0 Å². The largest absolute Gasteiger partial charge is 0.375 e. The second kappa shape index (κ2) is 7.61. The van der Waals surface area contributed by atoms with Crippen molar-refractivity contribution in [1.29, 1.82) is 0 Å². The van der Waals surface area contributed by atoms with Gasteiger partial charge in [-0.3, -0.25) is 9.69 Å². The molecule has 9 nitrogen and oxygen atoms in total. The molecule has 2 saturated heterocycles. The molecular formula is C18H25N7O2. The van der Waals surface area contributed by atoms with Crippen LogP contribution in [0.5, 0.6) is 0 Å². The number of fused-ring (bicyclic) bond motifs is 1. The number of rotatable bonds is 5. The molecule has 3 heterocycles. The zero-order valence-electron chi connectivity index (χ0n) is 15.7. The monoisotopic (exact) mass is 371 g/mol. The minimum Gasteiger partial charge on any atom is -0.375 e. The number of para-hydroxylation sites is 1. The standard InChI is InChI=1S/C18H25N7O2/c1-23(2)17(26)9-16-11-24-10-13(8-15(24)12-27-16)19-18-20-21-22-25(18)14-6-4-3-5-7-14/h3-7,13,15-16H,8-12H2,1-2H3,(H,19,20,22)/t13-,15-,16-/m0/s1. The number of tetrazole rings is 1. The van der Waals surface area contributed by atoms with E-state index in [2.05, 4.69) is 25.7 Å². The average molecular weight is 371 g/mol. The van der Waals surface area contributed by atoms with E-state index < -0.39 is 0 Å². The van der Waals surface area contributed by atoms with Crippen LogP contribution in [0.2, 0.25) is 0 Å². The third-order valence-electron chi connectivity index (χ3n) is 5.19. The molecule has 0 unspecified atom stereocenters. The Bertz CT molecular complexity index is 779. The summed E-state index contributed by atoms with van der Waals surface area (Å²) in [6.45, 7) is 2.33. The third kappa shape index (κ3) is 3.93. The molecule has 2 aromatic rings. The molecule has 9 heteroatoms. The number of hydrogen-bond donors (Lipinski definition) is 1. The maximum absolute atomic E-state index is 11.9. The number of amides is 1. The molecule has 0 radical (unpaired) electrons. The molecule has 0 saturated carbocycles. The molecule has 2 aliphatic rings. The zero-order valence-corrected chi connectivity index (χ0v) is 15.7. The third-order valence-corrected chi connectivity index (χ3v) is 5.19. The summed E-state index contributed by atoms with van der Waals surface area (Å²) in [7, 11) is 3.56. The van der Waals surface area contributed by atoms with E-state index >= 15 is 0 Å². The SMILES string of the molecule is CN(C)C(=O)C[C@H]1CN2C[C@@H](Nc3nnnn3-c3ccccc3)C[C@H]2CO1. The van der Waals surface area contributed by atoms with Gasteiger partial charge in [0, 0.05) is 39.3 Å². The van der Waals surface area contributed by atoms with Crippen molar-refractivity contribution in [3.63, 3.8) is 0 Å². The Balaban J connectivity index is 1.37. The van der Waals surface area contributed by atoms with Gasteiger partial charge in [-0.2, -0.15) is 4.68 Å². The van der Waals surface area contributed by atoms with Gasteiger partial charge in [-0.05, 0) is 29.0 Å². The van der Waals surface area contributed by atoms with Gasteiger partial charge in [-0.15, -0.1) is 0 Å². The molecule has 1 amide bonds. The van der Waals surface area contributed by atoms with E-state index in [1.54, 1.807) is 23.7 Å². The first-order valence-corrected chi connectivity index (χ1v) is 9.26. The lowest BCUT2D eigenvalue weighted by molar-refractivity contribution is -0.134. The maximum atomic E-state index is 11.9. The number of morpholine rings is 1. The lowest BCUT2D eigenvalue weighted by Crippen LogP contribution is -2.47. The zero-order chi connectivity index (χ0) is 18.8. The molecule has 0 spiro atoms. The number of carbonyl (C=O) groups is 1. The van der Waals surface area contributed by atoms with Crippen LogP contribution in [0, 0.1) is 0 Å². The van der Waals surface area contributed by atoms with E-state index in [4.69, 9.17) is 4.74 Å². The summed E-state index contributed by atoms with van der Waals surface area (Å²) < 4.78 is 7.64. The highest BCUT2D eigenvalue weighted by Crippen LogP contribution is 2.26. The Hall–Kier alpha value is -2.52. The van der Waals surface area contributed by atoms with Gasteiger partial charge in [0.15, 0.2) is 0 Å². The van der Waals surface area contributed by atoms with E-state index in [1.165, 1.54) is 0 Å². The predicted molar refractivity (Wildman–Crippen MR) is 99.6 cm³/mol. The fourth-order valence-electron chi connectivity index (χ4n) is 3.75. The van der Waals surface area contributed by atoms with Crippen LogP contribution in [-0.2, 0) is 9.53 Å². The summed E-state index contributed by atoms with van der Waals surface area (Å²) in [6, 6.07) is 10.4. The molecule has 1 aromatic heterocycles. The van der Waals surface area contributed by atoms with E-state index in [9.17, 15) is 4.79 Å². The van der Waals surface area contributed by atoms with Crippen LogP contribution in [0.25, 0.3) is 5.69 Å². The first-order chi connectivity index (χ1) is 13.1. The second-order valence-electron chi connectivity index (χ2n) is 7.38. The van der Waals surface area contributed by atoms with E-state index in [0.717, 1.165) is 25.2 Å². The molecule has 4 rings (SSSR count). The van der Waals surface area contributed by atoms with Gasteiger partial charge in [0.25, 0.3) is 0 Å². The molecule has 2 fully saturated rings. The summed E-state index contributed by atoms with van der Waals surface area (Å²) in [5, 5.41) is 15.5. The quantitative estimate of drug-likeness (QED) is 0.814. The van der Waals surface area contributed by atoms with E-state index in [0.29, 0.717) is 25.0 Å². The molecule has 27 heavy (non-hydrogen) atoms. The van der Waals surface area contributed by atoms with Gasteiger partial charge in [-0.25, -0.2) is 0 Å². The predicted octanol–water partition coefficient (Wildman–Crippen LogP) is 0.394. The summed E-state index contributed by atoms with van der Waals surface area (Å²) in [4.78, 5) is 16.0. The summed E-state index contributed by atoms with van der Waals surface area (Å²) >= 11 is 0. The van der Waals surface area contributed by atoms with E-state index in [-0.39, 0.29) is 18.1 Å². The van der Waals surface area contributed by atoms with Gasteiger partial charge in [0.2, 0.25) is 11.9 Å². The highest BCUT2D eigenvalue weighted by atomic mass is 16.5. The van der Waals surface area contributed by atoms with Crippen LogP contribution in [0.1, 0.15) is 12.8 Å². The molecule has 144 valence electrons. The van der Waals surface area contributed by atoms with Crippen LogP contribution in [-0.4, -0.2) is 87.9 Å². The lowest BCUT2D eigenvalue weighted by atomic mass is 10.1. The number of anilines is 1. The highest BCUT2D eigenvalue weighted by molar-refractivity contribution is 5.76. The molecular weight excluding hydrogens is 346 g/mol. The Morgan fingerprint density at radius 1 is 1.30 bits per heavy atom. The summed E-state index contributed by atoms with van der Waals surface area (Å²) in [6.07, 6.45) is 1.36. The van der Waals surface area contributed by atoms with Crippen molar-refractivity contribution in [2.24, 2.45) is 0 Å². The van der Waals surface area contributed by atoms with Crippen LogP contribution >= 0.6 is 0 Å². The number of nitrogens with one attached hydrogen (secondary N) is 1. The normalized spacial score (nSPS) is 25.2. The number of carbonyl (C=O) groups excluding carboxylic acids is 1. The van der Waals surface area contributed by atoms with Crippen molar-refractivity contribution in [2.45, 2.75) is 31.0 Å². The number of hydrogen-bond acceptors (Lipinski definition) is 7. The molecule has 1 aromatic carbocycles.